The van der Waals surface area contributed by atoms with Crippen LogP contribution in [-0.2, 0) is 4.74 Å². The maximum atomic E-state index is 5.51. The SMILES string of the molecule is C[C@@H](N=C=S)[C@H]1CCCCO1. The van der Waals surface area contributed by atoms with Crippen LogP contribution in [0.1, 0.15) is 26.2 Å². The van der Waals surface area contributed by atoms with Crippen LogP contribution in [0.2, 0.25) is 0 Å². The number of hydrogen-bond acceptors (Lipinski definition) is 3. The molecule has 0 unspecified atom stereocenters. The first-order chi connectivity index (χ1) is 5.34. The molecule has 0 saturated carbocycles. The summed E-state index contributed by atoms with van der Waals surface area (Å²) in [5, 5.41) is 2.39. The minimum absolute atomic E-state index is 0.188. The van der Waals surface area contributed by atoms with Gasteiger partial charge in [-0.15, -0.1) is 0 Å². The van der Waals surface area contributed by atoms with Gasteiger partial charge in [0.1, 0.15) is 0 Å². The van der Waals surface area contributed by atoms with E-state index >= 15 is 0 Å². The van der Waals surface area contributed by atoms with Crippen molar-refractivity contribution in [3.05, 3.63) is 0 Å². The highest BCUT2D eigenvalue weighted by atomic mass is 32.1. The second-order valence-corrected chi connectivity index (χ2v) is 3.05. The van der Waals surface area contributed by atoms with Crippen LogP contribution in [0.3, 0.4) is 0 Å². The summed E-state index contributed by atoms with van der Waals surface area (Å²) in [6.07, 6.45) is 3.83. The number of nitrogens with zero attached hydrogens (tertiary/aromatic N) is 1. The predicted octanol–water partition coefficient (Wildman–Crippen LogP) is 2.05. The van der Waals surface area contributed by atoms with Gasteiger partial charge in [0.05, 0.1) is 17.3 Å². The molecule has 62 valence electrons. The molecule has 1 aliphatic rings. The van der Waals surface area contributed by atoms with Gasteiger partial charge in [0, 0.05) is 6.61 Å². The fourth-order valence-electron chi connectivity index (χ4n) is 1.31. The molecule has 0 aromatic heterocycles. The Morgan fingerprint density at radius 1 is 1.64 bits per heavy atom. The van der Waals surface area contributed by atoms with Gasteiger partial charge in [-0.3, -0.25) is 0 Å². The van der Waals surface area contributed by atoms with Crippen LogP contribution in [0.4, 0.5) is 0 Å². The van der Waals surface area contributed by atoms with Crippen LogP contribution in [-0.4, -0.2) is 23.9 Å². The van der Waals surface area contributed by atoms with Gasteiger partial charge in [-0.2, -0.15) is 0 Å². The van der Waals surface area contributed by atoms with Crippen LogP contribution in [0, 0.1) is 0 Å². The Bertz CT molecular complexity index is 159. The Balaban J connectivity index is 2.38. The number of ether oxygens (including phenoxy) is 1. The molecular weight excluding hydrogens is 158 g/mol. The van der Waals surface area contributed by atoms with Crippen molar-refractivity contribution in [1.29, 1.82) is 0 Å². The molecule has 0 spiro atoms. The molecule has 2 atom stereocenters. The molecule has 3 heteroatoms. The zero-order valence-electron chi connectivity index (χ0n) is 6.75. The van der Waals surface area contributed by atoms with E-state index in [2.05, 4.69) is 22.4 Å². The molecule has 0 aromatic carbocycles. The summed E-state index contributed by atoms with van der Waals surface area (Å²) in [5.74, 6) is 0. The van der Waals surface area contributed by atoms with Crippen molar-refractivity contribution in [2.75, 3.05) is 6.61 Å². The Hall–Kier alpha value is -0.240. The molecule has 0 radical (unpaired) electrons. The van der Waals surface area contributed by atoms with Gasteiger partial charge in [0.15, 0.2) is 0 Å². The number of thiocarbonyl (C=S) groups is 1. The van der Waals surface area contributed by atoms with E-state index in [1.54, 1.807) is 0 Å². The molecule has 1 saturated heterocycles. The fourth-order valence-corrected chi connectivity index (χ4v) is 1.48. The Labute approximate surface area is 72.7 Å². The highest BCUT2D eigenvalue weighted by Crippen LogP contribution is 2.16. The largest absolute Gasteiger partial charge is 0.376 e. The van der Waals surface area contributed by atoms with E-state index in [0.717, 1.165) is 13.0 Å². The number of hydrogen-bond donors (Lipinski definition) is 0. The lowest BCUT2D eigenvalue weighted by Gasteiger charge is -2.24. The fraction of sp³-hybridized carbons (Fsp3) is 0.875. The minimum atomic E-state index is 0.188. The third-order valence-electron chi connectivity index (χ3n) is 2.01. The third-order valence-corrected chi connectivity index (χ3v) is 2.11. The van der Waals surface area contributed by atoms with Crippen molar-refractivity contribution >= 4 is 17.4 Å². The van der Waals surface area contributed by atoms with E-state index in [-0.39, 0.29) is 12.1 Å². The summed E-state index contributed by atoms with van der Waals surface area (Å²) in [6, 6.07) is 0.188. The summed E-state index contributed by atoms with van der Waals surface area (Å²) in [7, 11) is 0. The molecule has 1 aliphatic heterocycles. The molecule has 0 aromatic rings. The molecule has 0 aliphatic carbocycles. The normalized spacial score (nSPS) is 27.2. The Morgan fingerprint density at radius 3 is 3.00 bits per heavy atom. The third kappa shape index (κ3) is 2.70. The lowest BCUT2D eigenvalue weighted by Crippen LogP contribution is -2.28. The van der Waals surface area contributed by atoms with Crippen LogP contribution in [0.5, 0.6) is 0 Å². The lowest BCUT2D eigenvalue weighted by atomic mass is 10.0. The Morgan fingerprint density at radius 2 is 2.45 bits per heavy atom. The lowest BCUT2D eigenvalue weighted by molar-refractivity contribution is 0.00469. The molecule has 2 nitrogen and oxygen atoms in total. The first-order valence-corrected chi connectivity index (χ1v) is 4.44. The summed E-state index contributed by atoms with van der Waals surface area (Å²) >= 11 is 4.53. The molecule has 1 heterocycles. The quantitative estimate of drug-likeness (QED) is 0.468. The minimum Gasteiger partial charge on any atom is -0.376 e. The Kier molecular flexibility index (Phi) is 3.70. The van der Waals surface area contributed by atoms with Crippen molar-refractivity contribution in [1.82, 2.24) is 0 Å². The highest BCUT2D eigenvalue weighted by molar-refractivity contribution is 7.78. The predicted molar refractivity (Wildman–Crippen MR) is 48.1 cm³/mol. The van der Waals surface area contributed by atoms with Crippen LogP contribution < -0.4 is 0 Å². The summed E-state index contributed by atoms with van der Waals surface area (Å²) in [4.78, 5) is 3.99. The zero-order valence-corrected chi connectivity index (χ0v) is 7.56. The average Bonchev–Trinajstić information content (AvgIpc) is 2.07. The first-order valence-electron chi connectivity index (χ1n) is 4.03. The van der Waals surface area contributed by atoms with E-state index in [1.807, 2.05) is 6.92 Å². The van der Waals surface area contributed by atoms with Crippen LogP contribution in [0.15, 0.2) is 4.99 Å². The summed E-state index contributed by atoms with van der Waals surface area (Å²) in [5.41, 5.74) is 0. The monoisotopic (exact) mass is 171 g/mol. The molecule has 0 bridgehead atoms. The molecule has 0 amide bonds. The molecular formula is C8H13NOS. The topological polar surface area (TPSA) is 21.6 Å². The first kappa shape index (κ1) is 8.85. The van der Waals surface area contributed by atoms with Gasteiger partial charge < -0.3 is 4.74 Å². The van der Waals surface area contributed by atoms with Gasteiger partial charge in [-0.25, -0.2) is 4.99 Å². The van der Waals surface area contributed by atoms with Gasteiger partial charge in [-0.05, 0) is 38.4 Å². The molecule has 1 rings (SSSR count). The van der Waals surface area contributed by atoms with Crippen molar-refractivity contribution in [3.63, 3.8) is 0 Å². The van der Waals surface area contributed by atoms with Gasteiger partial charge in [-0.1, -0.05) is 0 Å². The van der Waals surface area contributed by atoms with Gasteiger partial charge in [0.2, 0.25) is 0 Å². The number of aliphatic imine (C=N–C) groups is 1. The highest BCUT2D eigenvalue weighted by Gasteiger charge is 2.19. The standard InChI is InChI=1S/C8H13NOS/c1-7(9-6-11)8-4-2-3-5-10-8/h7-8H,2-5H2,1H3/t7-,8-/m1/s1. The van der Waals surface area contributed by atoms with E-state index < -0.39 is 0 Å². The van der Waals surface area contributed by atoms with E-state index in [4.69, 9.17) is 4.74 Å². The maximum absolute atomic E-state index is 5.51. The van der Waals surface area contributed by atoms with Crippen molar-refractivity contribution in [2.24, 2.45) is 4.99 Å². The van der Waals surface area contributed by atoms with Crippen molar-refractivity contribution in [3.8, 4) is 0 Å². The maximum Gasteiger partial charge on any atom is 0.0836 e. The molecule has 11 heavy (non-hydrogen) atoms. The molecule has 1 fully saturated rings. The summed E-state index contributed by atoms with van der Waals surface area (Å²) in [6.45, 7) is 2.90. The second kappa shape index (κ2) is 4.60. The number of rotatable bonds is 2. The van der Waals surface area contributed by atoms with Crippen LogP contribution in [0.25, 0.3) is 0 Å². The second-order valence-electron chi connectivity index (χ2n) is 2.87. The van der Waals surface area contributed by atoms with E-state index in [1.165, 1.54) is 12.8 Å². The van der Waals surface area contributed by atoms with Crippen molar-refractivity contribution < 1.29 is 4.74 Å². The van der Waals surface area contributed by atoms with Crippen molar-refractivity contribution in [2.45, 2.75) is 38.3 Å². The summed E-state index contributed by atoms with van der Waals surface area (Å²) < 4.78 is 5.51. The smallest absolute Gasteiger partial charge is 0.0836 e. The molecule has 0 N–H and O–H groups in total. The van der Waals surface area contributed by atoms with Gasteiger partial charge >= 0.3 is 0 Å². The van der Waals surface area contributed by atoms with Gasteiger partial charge in [0.25, 0.3) is 0 Å². The zero-order chi connectivity index (χ0) is 8.10. The van der Waals surface area contributed by atoms with E-state index in [9.17, 15) is 0 Å². The van der Waals surface area contributed by atoms with E-state index in [0.29, 0.717) is 0 Å². The average molecular weight is 171 g/mol. The number of isothiocyanates is 1. The van der Waals surface area contributed by atoms with Crippen LogP contribution >= 0.6 is 12.2 Å².